The summed E-state index contributed by atoms with van der Waals surface area (Å²) in [4.78, 5) is 14.9. The number of fused-ring (bicyclic) bond motifs is 1. The van der Waals surface area contributed by atoms with Crippen molar-refractivity contribution in [3.63, 3.8) is 0 Å². The molecular formula is C11H13N3O4S. The molecule has 1 aliphatic rings. The number of benzene rings is 1. The van der Waals surface area contributed by atoms with Crippen LogP contribution in [0.3, 0.4) is 0 Å². The summed E-state index contributed by atoms with van der Waals surface area (Å²) in [5, 5.41) is 11.7. The van der Waals surface area contributed by atoms with Gasteiger partial charge in [0.15, 0.2) is 6.04 Å². The quantitative estimate of drug-likeness (QED) is 0.753. The molecule has 19 heavy (non-hydrogen) atoms. The number of aliphatic imine (C=N–C) groups is 1. The standard InChI is InChI=1S/C11H13N3O4S/c1-2-7(10(15)16)12-11-13-8-5-3-4-6-9(8)19(17,18)14-11/h3-7H,2H2,1H3,(H,15,16)(H2,12,13,14). The summed E-state index contributed by atoms with van der Waals surface area (Å²) in [6, 6.07) is 5.34. The van der Waals surface area contributed by atoms with Crippen molar-refractivity contribution in [3.8, 4) is 0 Å². The molecule has 1 aromatic rings. The SMILES string of the molecule is CCC(N=C1Nc2ccccc2S(=O)(=O)N1)C(=O)O. The molecule has 0 fully saturated rings. The summed E-state index contributed by atoms with van der Waals surface area (Å²) < 4.78 is 26.1. The normalized spacial score (nSPS) is 19.9. The minimum Gasteiger partial charge on any atom is -0.480 e. The third-order valence-electron chi connectivity index (χ3n) is 2.62. The summed E-state index contributed by atoms with van der Waals surface area (Å²) in [6.07, 6.45) is 0.268. The maximum atomic E-state index is 11.9. The lowest BCUT2D eigenvalue weighted by Gasteiger charge is -2.22. The van der Waals surface area contributed by atoms with E-state index in [1.165, 1.54) is 6.07 Å². The molecule has 1 unspecified atom stereocenters. The van der Waals surface area contributed by atoms with Crippen LogP contribution in [-0.2, 0) is 14.8 Å². The van der Waals surface area contributed by atoms with E-state index in [1.54, 1.807) is 25.1 Å². The summed E-state index contributed by atoms with van der Waals surface area (Å²) in [5.41, 5.74) is 0.375. The number of para-hydroxylation sites is 1. The van der Waals surface area contributed by atoms with Crippen LogP contribution in [0.4, 0.5) is 5.69 Å². The van der Waals surface area contributed by atoms with Gasteiger partial charge in [0.25, 0.3) is 10.0 Å². The van der Waals surface area contributed by atoms with Gasteiger partial charge in [0, 0.05) is 0 Å². The fraction of sp³-hybridized carbons (Fsp3) is 0.273. The number of guanidine groups is 1. The van der Waals surface area contributed by atoms with Gasteiger partial charge in [-0.3, -0.25) is 0 Å². The number of hydrogen-bond donors (Lipinski definition) is 3. The largest absolute Gasteiger partial charge is 0.480 e. The lowest BCUT2D eigenvalue weighted by Crippen LogP contribution is -2.42. The van der Waals surface area contributed by atoms with Gasteiger partial charge in [-0.2, -0.15) is 0 Å². The van der Waals surface area contributed by atoms with Gasteiger partial charge in [-0.25, -0.2) is 22.9 Å². The van der Waals surface area contributed by atoms with Crippen LogP contribution >= 0.6 is 0 Å². The maximum Gasteiger partial charge on any atom is 0.328 e. The highest BCUT2D eigenvalue weighted by molar-refractivity contribution is 7.90. The second-order valence-corrected chi connectivity index (χ2v) is 5.62. The highest BCUT2D eigenvalue weighted by Crippen LogP contribution is 2.23. The van der Waals surface area contributed by atoms with E-state index in [2.05, 4.69) is 15.0 Å². The second kappa shape index (κ2) is 4.88. The van der Waals surface area contributed by atoms with E-state index in [0.29, 0.717) is 5.69 Å². The van der Waals surface area contributed by atoms with Gasteiger partial charge in [-0.1, -0.05) is 19.1 Å². The molecule has 3 N–H and O–H groups in total. The van der Waals surface area contributed by atoms with Gasteiger partial charge < -0.3 is 10.4 Å². The Morgan fingerprint density at radius 2 is 2.11 bits per heavy atom. The zero-order valence-corrected chi connectivity index (χ0v) is 10.9. The molecule has 0 bridgehead atoms. The first-order valence-corrected chi connectivity index (χ1v) is 7.12. The molecule has 102 valence electrons. The van der Waals surface area contributed by atoms with Gasteiger partial charge in [0.2, 0.25) is 5.96 Å². The van der Waals surface area contributed by atoms with Crippen LogP contribution in [0, 0.1) is 0 Å². The summed E-state index contributed by atoms with van der Waals surface area (Å²) in [5.74, 6) is -1.18. The number of hydrogen-bond acceptors (Lipinski definition) is 4. The first-order valence-electron chi connectivity index (χ1n) is 5.63. The Bertz CT molecular complexity index is 639. The van der Waals surface area contributed by atoms with Crippen LogP contribution in [0.15, 0.2) is 34.2 Å². The van der Waals surface area contributed by atoms with Crippen LogP contribution in [0.1, 0.15) is 13.3 Å². The molecular weight excluding hydrogens is 270 g/mol. The maximum absolute atomic E-state index is 11.9. The Kier molecular flexibility index (Phi) is 3.43. The van der Waals surface area contributed by atoms with Gasteiger partial charge >= 0.3 is 5.97 Å². The number of sulfonamides is 1. The number of carbonyl (C=O) groups is 1. The van der Waals surface area contributed by atoms with Crippen molar-refractivity contribution in [1.82, 2.24) is 4.72 Å². The number of carboxylic acid groups (broad SMARTS) is 1. The zero-order chi connectivity index (χ0) is 14.0. The van der Waals surface area contributed by atoms with Gasteiger partial charge in [-0.05, 0) is 18.6 Å². The molecule has 0 radical (unpaired) electrons. The first-order chi connectivity index (χ1) is 8.94. The molecule has 0 aromatic heterocycles. The molecule has 0 aliphatic carbocycles. The van der Waals surface area contributed by atoms with Crippen molar-refractivity contribution in [1.29, 1.82) is 0 Å². The minimum atomic E-state index is -3.71. The van der Waals surface area contributed by atoms with Crippen LogP contribution < -0.4 is 10.0 Å². The smallest absolute Gasteiger partial charge is 0.328 e. The van der Waals surface area contributed by atoms with Crippen molar-refractivity contribution in [2.45, 2.75) is 24.3 Å². The number of nitrogens with zero attached hydrogens (tertiary/aromatic N) is 1. The second-order valence-electron chi connectivity index (χ2n) is 3.97. The average Bonchev–Trinajstić information content (AvgIpc) is 2.35. The highest BCUT2D eigenvalue weighted by atomic mass is 32.2. The third kappa shape index (κ3) is 2.68. The topological polar surface area (TPSA) is 108 Å². The number of aliphatic carboxylic acids is 1. The van der Waals surface area contributed by atoms with Crippen molar-refractivity contribution in [3.05, 3.63) is 24.3 Å². The number of rotatable bonds is 3. The zero-order valence-electron chi connectivity index (χ0n) is 10.1. The van der Waals surface area contributed by atoms with Gasteiger partial charge in [-0.15, -0.1) is 0 Å². The predicted molar refractivity (Wildman–Crippen MR) is 69.5 cm³/mol. The molecule has 1 atom stereocenters. The minimum absolute atomic E-state index is 0.0760. The molecule has 1 aromatic carbocycles. The van der Waals surface area contributed by atoms with E-state index in [1.807, 2.05) is 0 Å². The van der Waals surface area contributed by atoms with Crippen molar-refractivity contribution < 1.29 is 18.3 Å². The molecule has 7 nitrogen and oxygen atoms in total. The van der Waals surface area contributed by atoms with Crippen LogP contribution in [0.25, 0.3) is 0 Å². The summed E-state index contributed by atoms with van der Waals surface area (Å²) >= 11 is 0. The average molecular weight is 283 g/mol. The van der Waals surface area contributed by atoms with E-state index in [-0.39, 0.29) is 17.3 Å². The van der Waals surface area contributed by atoms with Crippen molar-refractivity contribution in [2.75, 3.05) is 5.32 Å². The number of anilines is 1. The monoisotopic (exact) mass is 283 g/mol. The van der Waals surface area contributed by atoms with E-state index < -0.39 is 22.0 Å². The predicted octanol–water partition coefficient (Wildman–Crippen LogP) is 0.610. The fourth-order valence-electron chi connectivity index (χ4n) is 1.68. The van der Waals surface area contributed by atoms with Crippen LogP contribution in [0.2, 0.25) is 0 Å². The molecule has 2 rings (SSSR count). The fourth-order valence-corrected chi connectivity index (χ4v) is 2.81. The molecule has 0 amide bonds. The molecule has 8 heteroatoms. The van der Waals surface area contributed by atoms with Crippen LogP contribution in [-0.4, -0.2) is 31.5 Å². The van der Waals surface area contributed by atoms with E-state index in [9.17, 15) is 13.2 Å². The Morgan fingerprint density at radius 3 is 2.74 bits per heavy atom. The number of carboxylic acids is 1. The summed E-state index contributed by atoms with van der Waals surface area (Å²) in [7, 11) is -3.71. The Labute approximate surface area is 110 Å². The molecule has 0 saturated heterocycles. The van der Waals surface area contributed by atoms with Gasteiger partial charge in [0.05, 0.1) is 5.69 Å². The first kappa shape index (κ1) is 13.3. The molecule has 1 aliphatic heterocycles. The highest BCUT2D eigenvalue weighted by Gasteiger charge is 2.27. The van der Waals surface area contributed by atoms with Crippen molar-refractivity contribution >= 4 is 27.6 Å². The molecule has 0 spiro atoms. The van der Waals surface area contributed by atoms with E-state index >= 15 is 0 Å². The summed E-state index contributed by atoms with van der Waals surface area (Å²) in [6.45, 7) is 1.66. The third-order valence-corrected chi connectivity index (χ3v) is 4.01. The Hall–Kier alpha value is -2.09. The van der Waals surface area contributed by atoms with Crippen LogP contribution in [0.5, 0.6) is 0 Å². The van der Waals surface area contributed by atoms with Crippen molar-refractivity contribution in [2.24, 2.45) is 4.99 Å². The number of nitrogens with one attached hydrogen (secondary N) is 2. The van der Waals surface area contributed by atoms with E-state index in [4.69, 9.17) is 5.11 Å². The molecule has 1 heterocycles. The Morgan fingerprint density at radius 1 is 1.42 bits per heavy atom. The Balaban J connectivity index is 2.40. The van der Waals surface area contributed by atoms with E-state index in [0.717, 1.165) is 0 Å². The van der Waals surface area contributed by atoms with Gasteiger partial charge in [0.1, 0.15) is 4.90 Å². The molecule has 0 saturated carbocycles. The lowest BCUT2D eigenvalue weighted by atomic mass is 10.2. The lowest BCUT2D eigenvalue weighted by molar-refractivity contribution is -0.138.